The van der Waals surface area contributed by atoms with Gasteiger partial charge in [0.1, 0.15) is 0 Å². The van der Waals surface area contributed by atoms with Crippen molar-refractivity contribution in [2.24, 2.45) is 0 Å². The number of rotatable bonds is 1. The highest BCUT2D eigenvalue weighted by Crippen LogP contribution is 2.40. The number of nitriles is 1. The molecule has 0 bridgehead atoms. The summed E-state index contributed by atoms with van der Waals surface area (Å²) in [7, 11) is 0. The van der Waals surface area contributed by atoms with E-state index < -0.39 is 11.9 Å². The molecular weight excluding hydrogens is 194 g/mol. The number of aliphatic hydroxyl groups is 1. The minimum absolute atomic E-state index is 0.512. The lowest BCUT2D eigenvalue weighted by Gasteiger charge is -2.16. The first kappa shape index (κ1) is 9.81. The van der Waals surface area contributed by atoms with Gasteiger partial charge in [0, 0.05) is 13.8 Å². The molecule has 1 aromatic rings. The maximum absolute atomic E-state index is 9.33. The zero-order valence-electron chi connectivity index (χ0n) is 8.52. The Morgan fingerprint density at radius 3 is 2.67 bits per heavy atom. The molecule has 0 fully saturated rings. The molecule has 0 saturated heterocycles. The van der Waals surface area contributed by atoms with Crippen LogP contribution < -0.4 is 9.47 Å². The van der Waals surface area contributed by atoms with Crippen LogP contribution in [0.5, 0.6) is 11.5 Å². The van der Waals surface area contributed by atoms with E-state index in [0.717, 1.165) is 0 Å². The molecule has 0 spiro atoms. The van der Waals surface area contributed by atoms with Gasteiger partial charge in [-0.05, 0) is 17.7 Å². The largest absolute Gasteiger partial charge is 0.449 e. The monoisotopic (exact) mass is 205 g/mol. The van der Waals surface area contributed by atoms with Gasteiger partial charge in [-0.25, -0.2) is 0 Å². The number of aliphatic hydroxyl groups excluding tert-OH is 1. The van der Waals surface area contributed by atoms with E-state index in [1.54, 1.807) is 38.1 Å². The number of benzene rings is 1. The van der Waals surface area contributed by atoms with E-state index in [2.05, 4.69) is 0 Å². The Morgan fingerprint density at radius 2 is 2.00 bits per heavy atom. The van der Waals surface area contributed by atoms with Crippen LogP contribution in [-0.2, 0) is 0 Å². The summed E-state index contributed by atoms with van der Waals surface area (Å²) in [4.78, 5) is 0. The molecule has 0 unspecified atom stereocenters. The summed E-state index contributed by atoms with van der Waals surface area (Å²) in [6, 6.07) is 6.72. The van der Waals surface area contributed by atoms with E-state index in [0.29, 0.717) is 17.1 Å². The van der Waals surface area contributed by atoms with Crippen LogP contribution in [0.4, 0.5) is 0 Å². The summed E-state index contributed by atoms with van der Waals surface area (Å²) < 4.78 is 11.0. The Morgan fingerprint density at radius 1 is 1.33 bits per heavy atom. The first-order valence-corrected chi connectivity index (χ1v) is 4.61. The fraction of sp³-hybridized carbons (Fsp3) is 0.364. The van der Waals surface area contributed by atoms with Crippen LogP contribution in [0.25, 0.3) is 0 Å². The van der Waals surface area contributed by atoms with Crippen molar-refractivity contribution in [2.75, 3.05) is 0 Å². The summed E-state index contributed by atoms with van der Waals surface area (Å²) in [6.45, 7) is 3.60. The molecule has 0 amide bonds. The highest BCUT2D eigenvalue weighted by Gasteiger charge is 2.31. The Balaban J connectivity index is 2.35. The first-order valence-electron chi connectivity index (χ1n) is 4.61. The molecule has 0 aliphatic carbocycles. The quantitative estimate of drug-likeness (QED) is 0.709. The first-order chi connectivity index (χ1) is 7.02. The molecule has 1 heterocycles. The SMILES string of the molecule is CC1(C)Oc2ccc([C@@H](O)C#N)cc2O1. The van der Waals surface area contributed by atoms with Crippen LogP contribution in [0, 0.1) is 11.3 Å². The molecule has 4 heteroatoms. The molecule has 1 atom stereocenters. The molecule has 1 aromatic carbocycles. The molecule has 78 valence electrons. The van der Waals surface area contributed by atoms with E-state index in [4.69, 9.17) is 14.7 Å². The topological polar surface area (TPSA) is 62.5 Å². The zero-order chi connectivity index (χ0) is 11.1. The van der Waals surface area contributed by atoms with Crippen molar-refractivity contribution in [1.29, 1.82) is 5.26 Å². The van der Waals surface area contributed by atoms with Gasteiger partial charge in [0.2, 0.25) is 5.79 Å². The second kappa shape index (κ2) is 3.14. The molecule has 2 rings (SSSR count). The van der Waals surface area contributed by atoms with Crippen LogP contribution in [0.3, 0.4) is 0 Å². The van der Waals surface area contributed by atoms with E-state index >= 15 is 0 Å². The third kappa shape index (κ3) is 1.74. The van der Waals surface area contributed by atoms with Gasteiger partial charge in [0.25, 0.3) is 0 Å². The third-order valence-electron chi connectivity index (χ3n) is 2.12. The van der Waals surface area contributed by atoms with Crippen LogP contribution in [-0.4, -0.2) is 10.9 Å². The van der Waals surface area contributed by atoms with Gasteiger partial charge < -0.3 is 14.6 Å². The molecule has 0 radical (unpaired) electrons. The minimum atomic E-state index is -1.12. The summed E-state index contributed by atoms with van der Waals surface area (Å²) in [6.07, 6.45) is -1.12. The number of hydrogen-bond acceptors (Lipinski definition) is 4. The maximum Gasteiger partial charge on any atom is 0.246 e. The summed E-state index contributed by atoms with van der Waals surface area (Å²) in [5.74, 6) is 0.513. The molecular formula is C11H11NO3. The van der Waals surface area contributed by atoms with Gasteiger partial charge >= 0.3 is 0 Å². The molecule has 0 saturated carbocycles. The standard InChI is InChI=1S/C11H11NO3/c1-11(2)14-9-4-3-7(8(13)6-12)5-10(9)15-11/h3-5,8,13H,1-2H3/t8-/m0/s1. The summed E-state index contributed by atoms with van der Waals surface area (Å²) in [5, 5.41) is 17.9. The molecule has 1 aliphatic rings. The molecule has 15 heavy (non-hydrogen) atoms. The van der Waals surface area contributed by atoms with Gasteiger partial charge in [-0.15, -0.1) is 0 Å². The fourth-order valence-corrected chi connectivity index (χ4v) is 1.48. The van der Waals surface area contributed by atoms with Crippen LogP contribution >= 0.6 is 0 Å². The minimum Gasteiger partial charge on any atom is -0.449 e. The Bertz CT molecular complexity index is 434. The molecule has 0 aromatic heterocycles. The predicted molar refractivity (Wildman–Crippen MR) is 52.3 cm³/mol. The summed E-state index contributed by atoms with van der Waals surface area (Å²) >= 11 is 0. The van der Waals surface area contributed by atoms with E-state index in [-0.39, 0.29) is 0 Å². The lowest BCUT2D eigenvalue weighted by molar-refractivity contribution is -0.0431. The number of fused-ring (bicyclic) bond motifs is 1. The highest BCUT2D eigenvalue weighted by molar-refractivity contribution is 5.46. The van der Waals surface area contributed by atoms with E-state index in [1.807, 2.05) is 0 Å². The molecule has 1 aliphatic heterocycles. The van der Waals surface area contributed by atoms with Crippen LogP contribution in [0.1, 0.15) is 25.5 Å². The van der Waals surface area contributed by atoms with Crippen molar-refractivity contribution in [1.82, 2.24) is 0 Å². The Labute approximate surface area is 87.7 Å². The van der Waals surface area contributed by atoms with Crippen LogP contribution in [0.15, 0.2) is 18.2 Å². The van der Waals surface area contributed by atoms with Crippen molar-refractivity contribution in [3.05, 3.63) is 23.8 Å². The second-order valence-corrected chi connectivity index (χ2v) is 3.84. The van der Waals surface area contributed by atoms with Crippen LogP contribution in [0.2, 0.25) is 0 Å². The van der Waals surface area contributed by atoms with Crippen molar-refractivity contribution in [3.63, 3.8) is 0 Å². The van der Waals surface area contributed by atoms with E-state index in [1.165, 1.54) is 0 Å². The molecule has 1 N–H and O–H groups in total. The van der Waals surface area contributed by atoms with E-state index in [9.17, 15) is 5.11 Å². The fourth-order valence-electron chi connectivity index (χ4n) is 1.48. The van der Waals surface area contributed by atoms with Crippen molar-refractivity contribution < 1.29 is 14.6 Å². The lowest BCUT2D eigenvalue weighted by Crippen LogP contribution is -2.29. The maximum atomic E-state index is 9.33. The van der Waals surface area contributed by atoms with Gasteiger partial charge in [-0.1, -0.05) is 6.07 Å². The second-order valence-electron chi connectivity index (χ2n) is 3.84. The van der Waals surface area contributed by atoms with Crippen molar-refractivity contribution in [3.8, 4) is 17.6 Å². The Kier molecular flexibility index (Phi) is 2.06. The Hall–Kier alpha value is -1.73. The number of nitrogens with zero attached hydrogens (tertiary/aromatic N) is 1. The smallest absolute Gasteiger partial charge is 0.246 e. The summed E-state index contributed by atoms with van der Waals surface area (Å²) in [5.41, 5.74) is 0.512. The highest BCUT2D eigenvalue weighted by atomic mass is 16.7. The zero-order valence-corrected chi connectivity index (χ0v) is 8.52. The van der Waals surface area contributed by atoms with Gasteiger partial charge in [0.15, 0.2) is 17.6 Å². The predicted octanol–water partition coefficient (Wildman–Crippen LogP) is 1.75. The lowest BCUT2D eigenvalue weighted by atomic mass is 10.1. The number of hydrogen-bond donors (Lipinski definition) is 1. The average molecular weight is 205 g/mol. The van der Waals surface area contributed by atoms with Gasteiger partial charge in [-0.2, -0.15) is 5.26 Å². The van der Waals surface area contributed by atoms with Gasteiger partial charge in [-0.3, -0.25) is 0 Å². The van der Waals surface area contributed by atoms with Crippen molar-refractivity contribution >= 4 is 0 Å². The molecule has 4 nitrogen and oxygen atoms in total. The van der Waals surface area contributed by atoms with Crippen molar-refractivity contribution in [2.45, 2.75) is 25.7 Å². The average Bonchev–Trinajstić information content (AvgIpc) is 2.49. The van der Waals surface area contributed by atoms with Gasteiger partial charge in [0.05, 0.1) is 6.07 Å². The normalized spacial score (nSPS) is 18.3. The third-order valence-corrected chi connectivity index (χ3v) is 2.12. The number of ether oxygens (including phenoxy) is 2.